The predicted octanol–water partition coefficient (Wildman–Crippen LogP) is 3.09. The fourth-order valence-corrected chi connectivity index (χ4v) is 4.67. The van der Waals surface area contributed by atoms with E-state index >= 15 is 0 Å². The number of aromatic hydroxyl groups is 1. The third-order valence-electron chi connectivity index (χ3n) is 5.42. The maximum absolute atomic E-state index is 13.1. The van der Waals surface area contributed by atoms with Gasteiger partial charge in [0.1, 0.15) is 22.2 Å². The van der Waals surface area contributed by atoms with Crippen LogP contribution < -0.4 is 5.56 Å². The minimum Gasteiger partial charge on any atom is -0.501 e. The molecule has 4 heterocycles. The van der Waals surface area contributed by atoms with Gasteiger partial charge in [0.15, 0.2) is 0 Å². The molecule has 1 aliphatic heterocycles. The molecule has 9 heteroatoms. The van der Waals surface area contributed by atoms with Gasteiger partial charge >= 0.3 is 5.56 Å². The van der Waals surface area contributed by atoms with Crippen LogP contribution in [0.2, 0.25) is 0 Å². The lowest BCUT2D eigenvalue weighted by molar-refractivity contribution is 0.0341. The topological polar surface area (TPSA) is 80.0 Å². The first-order valence-corrected chi connectivity index (χ1v) is 11.1. The average Bonchev–Trinajstić information content (AvgIpc) is 3.27. The van der Waals surface area contributed by atoms with Gasteiger partial charge in [-0.15, -0.1) is 11.3 Å². The van der Waals surface area contributed by atoms with Gasteiger partial charge in [0.2, 0.25) is 5.75 Å². The summed E-state index contributed by atoms with van der Waals surface area (Å²) in [5, 5.41) is 11.1. The summed E-state index contributed by atoms with van der Waals surface area (Å²) in [7, 11) is 0. The lowest BCUT2D eigenvalue weighted by atomic mass is 10.1. The summed E-state index contributed by atoms with van der Waals surface area (Å²) in [6, 6.07) is 10.0. The van der Waals surface area contributed by atoms with Crippen LogP contribution >= 0.6 is 11.3 Å². The van der Waals surface area contributed by atoms with Gasteiger partial charge in [-0.3, -0.25) is 14.1 Å². The summed E-state index contributed by atoms with van der Waals surface area (Å²) >= 11 is 1.35. The molecule has 0 spiro atoms. The minimum absolute atomic E-state index is 0.172. The highest BCUT2D eigenvalue weighted by atomic mass is 32.1. The van der Waals surface area contributed by atoms with E-state index in [0.717, 1.165) is 29.1 Å². The Morgan fingerprint density at radius 3 is 2.62 bits per heavy atom. The summed E-state index contributed by atoms with van der Waals surface area (Å²) in [4.78, 5) is 24.9. The normalized spacial score (nSPS) is 14.8. The molecule has 4 aromatic rings. The number of hydrogen-bond acceptors (Lipinski definition) is 7. The van der Waals surface area contributed by atoms with Gasteiger partial charge < -0.3 is 9.84 Å². The third-order valence-corrected chi connectivity index (χ3v) is 6.42. The van der Waals surface area contributed by atoms with Crippen LogP contribution in [-0.4, -0.2) is 50.7 Å². The largest absolute Gasteiger partial charge is 0.501 e. The van der Waals surface area contributed by atoms with E-state index in [0.29, 0.717) is 36.8 Å². The maximum Gasteiger partial charge on any atom is 0.300 e. The molecule has 0 aliphatic carbocycles. The first kappa shape index (κ1) is 20.7. The Labute approximate surface area is 187 Å². The van der Waals surface area contributed by atoms with Crippen molar-refractivity contribution in [2.45, 2.75) is 13.0 Å². The quantitative estimate of drug-likeness (QED) is 0.501. The van der Waals surface area contributed by atoms with Crippen molar-refractivity contribution in [2.75, 3.05) is 26.3 Å². The van der Waals surface area contributed by atoms with Crippen molar-refractivity contribution in [3.8, 4) is 16.5 Å². The summed E-state index contributed by atoms with van der Waals surface area (Å²) in [5.74, 6) is -0.702. The first-order valence-electron chi connectivity index (χ1n) is 10.3. The van der Waals surface area contributed by atoms with Crippen LogP contribution in [0, 0.1) is 5.82 Å². The fourth-order valence-electron chi connectivity index (χ4n) is 3.74. The second-order valence-electron chi connectivity index (χ2n) is 7.70. The van der Waals surface area contributed by atoms with Gasteiger partial charge in [-0.05, 0) is 29.3 Å². The van der Waals surface area contributed by atoms with Crippen molar-refractivity contribution in [3.05, 3.63) is 81.0 Å². The number of rotatable bonds is 5. The lowest BCUT2D eigenvalue weighted by Crippen LogP contribution is -2.35. The van der Waals surface area contributed by atoms with E-state index in [-0.39, 0.29) is 11.5 Å². The molecule has 1 N–H and O–H groups in total. The van der Waals surface area contributed by atoms with E-state index in [1.54, 1.807) is 30.6 Å². The van der Waals surface area contributed by atoms with E-state index in [2.05, 4.69) is 14.9 Å². The van der Waals surface area contributed by atoms with Crippen LogP contribution in [0.5, 0.6) is 5.75 Å². The molecule has 5 rings (SSSR count). The highest BCUT2D eigenvalue weighted by molar-refractivity contribution is 7.15. The number of benzene rings is 1. The molecule has 1 saturated heterocycles. The van der Waals surface area contributed by atoms with Crippen molar-refractivity contribution < 1.29 is 14.2 Å². The molecule has 0 unspecified atom stereocenters. The lowest BCUT2D eigenvalue weighted by Gasteiger charge is -2.26. The molecule has 164 valence electrons. The van der Waals surface area contributed by atoms with Gasteiger partial charge in [-0.2, -0.15) is 0 Å². The Hall–Kier alpha value is -3.14. The number of thiazole rings is 1. The van der Waals surface area contributed by atoms with Gasteiger partial charge in [0.25, 0.3) is 0 Å². The van der Waals surface area contributed by atoms with Crippen LogP contribution in [0.3, 0.4) is 0 Å². The van der Waals surface area contributed by atoms with Crippen LogP contribution in [0.25, 0.3) is 16.3 Å². The molecule has 3 aromatic heterocycles. The van der Waals surface area contributed by atoms with Crippen LogP contribution in [0.1, 0.15) is 16.0 Å². The molecule has 0 bridgehead atoms. The van der Waals surface area contributed by atoms with Gasteiger partial charge in [-0.1, -0.05) is 18.2 Å². The van der Waals surface area contributed by atoms with Crippen LogP contribution in [-0.2, 0) is 17.7 Å². The van der Waals surface area contributed by atoms with Crippen LogP contribution in [0.4, 0.5) is 4.39 Å². The van der Waals surface area contributed by atoms with Crippen molar-refractivity contribution >= 4 is 17.0 Å². The zero-order valence-electron chi connectivity index (χ0n) is 17.2. The van der Waals surface area contributed by atoms with Gasteiger partial charge in [0, 0.05) is 43.3 Å². The number of halogens is 1. The van der Waals surface area contributed by atoms with Gasteiger partial charge in [0.05, 0.1) is 13.2 Å². The Kier molecular flexibility index (Phi) is 5.69. The van der Waals surface area contributed by atoms with E-state index < -0.39 is 11.3 Å². The number of fused-ring (bicyclic) bond motifs is 1. The summed E-state index contributed by atoms with van der Waals surface area (Å²) < 4.78 is 19.9. The van der Waals surface area contributed by atoms with Crippen molar-refractivity contribution in [1.82, 2.24) is 19.3 Å². The molecular weight excluding hydrogens is 431 g/mol. The Balaban J connectivity index is 1.42. The van der Waals surface area contributed by atoms with Crippen LogP contribution in [0.15, 0.2) is 53.6 Å². The predicted molar refractivity (Wildman–Crippen MR) is 120 cm³/mol. The Morgan fingerprint density at radius 1 is 1.09 bits per heavy atom. The number of ether oxygens (including phenoxy) is 1. The second-order valence-corrected chi connectivity index (χ2v) is 8.82. The molecule has 1 fully saturated rings. The second kappa shape index (κ2) is 8.78. The molecule has 32 heavy (non-hydrogen) atoms. The standard InChI is InChI=1S/C23H21FN4O3S/c24-17-4-1-15(2-5-17)11-18-12-25-22(32-18)20-21(29)23(30)28-14-16(3-6-19(28)26-20)13-27-7-9-31-10-8-27/h1-6,12,14,29H,7-11,13H2. The van der Waals surface area contributed by atoms with Crippen molar-refractivity contribution in [1.29, 1.82) is 0 Å². The maximum atomic E-state index is 13.1. The number of aromatic nitrogens is 3. The van der Waals surface area contributed by atoms with E-state index in [1.807, 2.05) is 6.07 Å². The third kappa shape index (κ3) is 4.27. The minimum atomic E-state index is -0.524. The van der Waals surface area contributed by atoms with Crippen molar-refractivity contribution in [2.24, 2.45) is 0 Å². The molecule has 7 nitrogen and oxygen atoms in total. The highest BCUT2D eigenvalue weighted by Gasteiger charge is 2.18. The number of nitrogens with zero attached hydrogens (tertiary/aromatic N) is 4. The highest BCUT2D eigenvalue weighted by Crippen LogP contribution is 2.30. The van der Waals surface area contributed by atoms with E-state index in [4.69, 9.17) is 4.74 Å². The molecule has 0 radical (unpaired) electrons. The Morgan fingerprint density at radius 2 is 1.84 bits per heavy atom. The molecule has 0 amide bonds. The van der Waals surface area contributed by atoms with Gasteiger partial charge in [-0.25, -0.2) is 14.4 Å². The summed E-state index contributed by atoms with van der Waals surface area (Å²) in [5.41, 5.74) is 2.01. The van der Waals surface area contributed by atoms with Crippen molar-refractivity contribution in [3.63, 3.8) is 0 Å². The summed E-state index contributed by atoms with van der Waals surface area (Å²) in [6.07, 6.45) is 4.00. The van der Waals surface area contributed by atoms with E-state index in [1.165, 1.54) is 27.9 Å². The molecule has 0 saturated carbocycles. The number of hydrogen-bond donors (Lipinski definition) is 1. The molecule has 1 aromatic carbocycles. The smallest absolute Gasteiger partial charge is 0.300 e. The number of morpholine rings is 1. The molecular formula is C23H21FN4O3S. The molecule has 1 aliphatic rings. The zero-order valence-corrected chi connectivity index (χ0v) is 18.0. The zero-order chi connectivity index (χ0) is 22.1. The number of pyridine rings is 1. The average molecular weight is 453 g/mol. The summed E-state index contributed by atoms with van der Waals surface area (Å²) in [6.45, 7) is 3.80. The monoisotopic (exact) mass is 452 g/mol. The molecule has 0 atom stereocenters. The fraction of sp³-hybridized carbons (Fsp3) is 0.261. The first-order chi connectivity index (χ1) is 15.6. The SMILES string of the molecule is O=c1c(O)c(-c2ncc(Cc3ccc(F)cc3)s2)nc2ccc(CN3CCOCC3)cn12. The Bertz CT molecular complexity index is 1310. The van der Waals surface area contributed by atoms with E-state index in [9.17, 15) is 14.3 Å².